The third-order valence-electron chi connectivity index (χ3n) is 3.68. The maximum atomic E-state index is 12.6. The van der Waals surface area contributed by atoms with E-state index in [-0.39, 0.29) is 5.91 Å². The van der Waals surface area contributed by atoms with Gasteiger partial charge in [-0.2, -0.15) is 0 Å². The molecule has 0 bridgehead atoms. The molecule has 0 N–H and O–H groups in total. The zero-order chi connectivity index (χ0) is 13.5. The molecule has 0 unspecified atom stereocenters. The topological polar surface area (TPSA) is 37.6 Å². The zero-order valence-corrected chi connectivity index (χ0v) is 11.6. The van der Waals surface area contributed by atoms with Gasteiger partial charge >= 0.3 is 0 Å². The van der Waals surface area contributed by atoms with Crippen LogP contribution in [0.3, 0.4) is 0 Å². The Bertz CT molecular complexity index is 756. The molecule has 0 saturated carbocycles. The minimum absolute atomic E-state index is 0.0190. The van der Waals surface area contributed by atoms with Crippen LogP contribution in [0.4, 0.5) is 0 Å². The molecular weight excluding hydrogens is 270 g/mol. The summed E-state index contributed by atoms with van der Waals surface area (Å²) in [6.45, 7) is 1.48. The molecule has 20 heavy (non-hydrogen) atoms. The third kappa shape index (κ3) is 1.82. The number of nitrogens with zero attached hydrogens (tertiary/aromatic N) is 3. The molecule has 0 radical (unpaired) electrons. The van der Waals surface area contributed by atoms with Crippen LogP contribution in [-0.2, 0) is 13.0 Å². The Labute approximate surface area is 120 Å². The molecule has 4 heterocycles. The van der Waals surface area contributed by atoms with Gasteiger partial charge in [-0.1, -0.05) is 6.07 Å². The second kappa shape index (κ2) is 4.45. The molecule has 3 aromatic heterocycles. The number of imidazole rings is 1. The van der Waals surface area contributed by atoms with E-state index in [0.717, 1.165) is 18.6 Å². The van der Waals surface area contributed by atoms with Crippen LogP contribution in [-0.4, -0.2) is 26.7 Å². The molecule has 0 spiro atoms. The van der Waals surface area contributed by atoms with Crippen LogP contribution in [0.15, 0.2) is 42.0 Å². The zero-order valence-electron chi connectivity index (χ0n) is 10.8. The number of carbonyl (C=O) groups excluding carboxylic acids is 1. The summed E-state index contributed by atoms with van der Waals surface area (Å²) < 4.78 is 1.88. The van der Waals surface area contributed by atoms with E-state index in [1.165, 1.54) is 10.4 Å². The lowest BCUT2D eigenvalue weighted by Crippen LogP contribution is -2.35. The van der Waals surface area contributed by atoms with Crippen molar-refractivity contribution in [2.24, 2.45) is 0 Å². The van der Waals surface area contributed by atoms with E-state index >= 15 is 0 Å². The van der Waals surface area contributed by atoms with E-state index in [4.69, 9.17) is 0 Å². The van der Waals surface area contributed by atoms with Crippen LogP contribution in [0.1, 0.15) is 20.9 Å². The van der Waals surface area contributed by atoms with Gasteiger partial charge in [-0.25, -0.2) is 4.98 Å². The van der Waals surface area contributed by atoms with E-state index < -0.39 is 0 Å². The standard InChI is InChI=1S/C15H13N3OS/c19-15(12-10-17-6-2-1-3-14(17)16-12)18-7-4-13-11(9-18)5-8-20-13/h1-3,5-6,8,10H,4,7,9H2. The minimum atomic E-state index is 0.0190. The van der Waals surface area contributed by atoms with Gasteiger partial charge in [0.25, 0.3) is 5.91 Å². The number of hydrogen-bond acceptors (Lipinski definition) is 3. The summed E-state index contributed by atoms with van der Waals surface area (Å²) >= 11 is 1.78. The smallest absolute Gasteiger partial charge is 0.274 e. The monoisotopic (exact) mass is 283 g/mol. The van der Waals surface area contributed by atoms with Gasteiger partial charge in [0.15, 0.2) is 0 Å². The van der Waals surface area contributed by atoms with E-state index in [1.54, 1.807) is 17.5 Å². The maximum absolute atomic E-state index is 12.6. The highest BCUT2D eigenvalue weighted by molar-refractivity contribution is 7.10. The number of rotatable bonds is 1. The first-order valence-corrected chi connectivity index (χ1v) is 7.47. The van der Waals surface area contributed by atoms with Crippen molar-refractivity contribution in [2.45, 2.75) is 13.0 Å². The molecule has 5 heteroatoms. The Morgan fingerprint density at radius 2 is 2.25 bits per heavy atom. The van der Waals surface area contributed by atoms with Crippen LogP contribution in [0, 0.1) is 0 Å². The molecule has 0 atom stereocenters. The van der Waals surface area contributed by atoms with Gasteiger partial charge in [-0.15, -0.1) is 11.3 Å². The highest BCUT2D eigenvalue weighted by Gasteiger charge is 2.24. The Morgan fingerprint density at radius 3 is 3.15 bits per heavy atom. The fourth-order valence-electron chi connectivity index (χ4n) is 2.62. The van der Waals surface area contributed by atoms with Gasteiger partial charge in [0.05, 0.1) is 0 Å². The first-order valence-electron chi connectivity index (χ1n) is 6.59. The molecule has 4 rings (SSSR count). The van der Waals surface area contributed by atoms with Crippen molar-refractivity contribution >= 4 is 22.9 Å². The van der Waals surface area contributed by atoms with Crippen LogP contribution in [0.5, 0.6) is 0 Å². The van der Waals surface area contributed by atoms with E-state index in [0.29, 0.717) is 12.2 Å². The van der Waals surface area contributed by atoms with Gasteiger partial charge in [0.1, 0.15) is 11.3 Å². The fourth-order valence-corrected chi connectivity index (χ4v) is 3.51. The number of carbonyl (C=O) groups is 1. The highest BCUT2D eigenvalue weighted by atomic mass is 32.1. The summed E-state index contributed by atoms with van der Waals surface area (Å²) in [5.41, 5.74) is 2.61. The summed E-state index contributed by atoms with van der Waals surface area (Å²) in [6, 6.07) is 7.88. The number of fused-ring (bicyclic) bond motifs is 2. The number of aromatic nitrogens is 2. The number of hydrogen-bond donors (Lipinski definition) is 0. The van der Waals surface area contributed by atoms with Crippen LogP contribution in [0.25, 0.3) is 5.65 Å². The predicted molar refractivity (Wildman–Crippen MR) is 78.0 cm³/mol. The van der Waals surface area contributed by atoms with Crippen molar-refractivity contribution in [2.75, 3.05) is 6.54 Å². The van der Waals surface area contributed by atoms with E-state index in [1.807, 2.05) is 33.7 Å². The first kappa shape index (κ1) is 11.7. The number of thiophene rings is 1. The van der Waals surface area contributed by atoms with Crippen molar-refractivity contribution in [1.29, 1.82) is 0 Å². The molecule has 0 saturated heterocycles. The predicted octanol–water partition coefficient (Wildman–Crippen LogP) is 2.59. The maximum Gasteiger partial charge on any atom is 0.274 e. The van der Waals surface area contributed by atoms with Crippen molar-refractivity contribution in [1.82, 2.24) is 14.3 Å². The molecule has 3 aromatic rings. The normalized spacial score (nSPS) is 14.5. The molecule has 100 valence electrons. The van der Waals surface area contributed by atoms with Gasteiger partial charge in [0, 0.05) is 30.4 Å². The average Bonchev–Trinajstić information content (AvgIpc) is 3.11. The number of amides is 1. The Balaban J connectivity index is 1.64. The molecule has 0 aliphatic carbocycles. The molecular formula is C15H13N3OS. The third-order valence-corrected chi connectivity index (χ3v) is 4.70. The number of pyridine rings is 1. The molecule has 4 nitrogen and oxygen atoms in total. The van der Waals surface area contributed by atoms with Crippen LogP contribution in [0.2, 0.25) is 0 Å². The first-order chi connectivity index (χ1) is 9.81. The van der Waals surface area contributed by atoms with Crippen molar-refractivity contribution in [3.8, 4) is 0 Å². The summed E-state index contributed by atoms with van der Waals surface area (Å²) in [6.07, 6.45) is 4.67. The molecule has 1 aliphatic heterocycles. The Hall–Kier alpha value is -2.14. The minimum Gasteiger partial charge on any atom is -0.333 e. The van der Waals surface area contributed by atoms with Crippen molar-refractivity contribution < 1.29 is 4.79 Å². The summed E-state index contributed by atoms with van der Waals surface area (Å²) in [5.74, 6) is 0.0190. The Kier molecular flexibility index (Phi) is 2.60. The Morgan fingerprint density at radius 1 is 1.30 bits per heavy atom. The largest absolute Gasteiger partial charge is 0.333 e. The van der Waals surface area contributed by atoms with Gasteiger partial charge in [-0.05, 0) is 35.6 Å². The lowest BCUT2D eigenvalue weighted by Gasteiger charge is -2.26. The van der Waals surface area contributed by atoms with Crippen molar-refractivity contribution in [3.05, 3.63) is 58.2 Å². The quantitative estimate of drug-likeness (QED) is 0.688. The SMILES string of the molecule is O=C(c1cn2ccccc2n1)N1CCc2sccc2C1. The fraction of sp³-hybridized carbons (Fsp3) is 0.200. The second-order valence-corrected chi connectivity index (χ2v) is 5.94. The highest BCUT2D eigenvalue weighted by Crippen LogP contribution is 2.24. The average molecular weight is 283 g/mol. The van der Waals surface area contributed by atoms with Gasteiger partial charge in [0.2, 0.25) is 0 Å². The van der Waals surface area contributed by atoms with E-state index in [9.17, 15) is 4.79 Å². The summed E-state index contributed by atoms with van der Waals surface area (Å²) in [7, 11) is 0. The van der Waals surface area contributed by atoms with Crippen LogP contribution < -0.4 is 0 Å². The van der Waals surface area contributed by atoms with Crippen molar-refractivity contribution in [3.63, 3.8) is 0 Å². The van der Waals surface area contributed by atoms with Crippen LogP contribution >= 0.6 is 11.3 Å². The summed E-state index contributed by atoms with van der Waals surface area (Å²) in [5, 5.41) is 2.10. The van der Waals surface area contributed by atoms with E-state index in [2.05, 4.69) is 16.4 Å². The molecule has 0 fully saturated rings. The summed E-state index contributed by atoms with van der Waals surface area (Å²) in [4.78, 5) is 20.3. The second-order valence-electron chi connectivity index (χ2n) is 4.94. The van der Waals surface area contributed by atoms with Gasteiger partial charge in [-0.3, -0.25) is 4.79 Å². The molecule has 0 aromatic carbocycles. The molecule has 1 amide bonds. The molecule has 1 aliphatic rings. The lowest BCUT2D eigenvalue weighted by molar-refractivity contribution is 0.0730. The lowest BCUT2D eigenvalue weighted by atomic mass is 10.1. The van der Waals surface area contributed by atoms with Gasteiger partial charge < -0.3 is 9.30 Å².